The minimum absolute atomic E-state index is 0.114. The van der Waals surface area contributed by atoms with Crippen LogP contribution in [-0.2, 0) is 4.74 Å². The third-order valence-electron chi connectivity index (χ3n) is 6.57. The number of fused-ring (bicyclic) bond motifs is 1. The Morgan fingerprint density at radius 3 is 2.69 bits per heavy atom. The summed E-state index contributed by atoms with van der Waals surface area (Å²) < 4.78 is 17.3. The van der Waals surface area contributed by atoms with E-state index < -0.39 is 0 Å². The van der Waals surface area contributed by atoms with Crippen LogP contribution in [0.4, 0.5) is 0 Å². The third-order valence-corrected chi connectivity index (χ3v) is 6.57. The molecule has 194 valence electrons. The van der Waals surface area contributed by atoms with Crippen LogP contribution in [0.3, 0.4) is 0 Å². The SMILES string of the molecule is CCCCCCCOc1cccc2c(OCCOC)cc(C(=O)N[C@@H]3CCCN(C(C)C)C3)nc12. The fraction of sp³-hybridized carbons (Fsp3) is 0.643. The number of benzene rings is 1. The number of unbranched alkanes of at least 4 members (excludes halogenated alkanes) is 4. The van der Waals surface area contributed by atoms with Gasteiger partial charge in [-0.3, -0.25) is 9.69 Å². The first-order valence-corrected chi connectivity index (χ1v) is 13.3. The van der Waals surface area contributed by atoms with E-state index in [0.29, 0.717) is 48.6 Å². The number of hydrogen-bond donors (Lipinski definition) is 1. The zero-order chi connectivity index (χ0) is 25.0. The molecule has 3 rings (SSSR count). The molecule has 1 aliphatic rings. The average Bonchev–Trinajstić information content (AvgIpc) is 2.86. The molecule has 0 radical (unpaired) electrons. The fourth-order valence-electron chi connectivity index (χ4n) is 4.52. The molecule has 1 atom stereocenters. The molecule has 1 amide bonds. The van der Waals surface area contributed by atoms with E-state index in [0.717, 1.165) is 44.2 Å². The summed E-state index contributed by atoms with van der Waals surface area (Å²) in [5, 5.41) is 4.04. The van der Waals surface area contributed by atoms with Crippen molar-refractivity contribution < 1.29 is 19.0 Å². The molecule has 0 bridgehead atoms. The van der Waals surface area contributed by atoms with Gasteiger partial charge in [0.2, 0.25) is 0 Å². The molecule has 2 aromatic rings. The highest BCUT2D eigenvalue weighted by molar-refractivity contribution is 5.98. The monoisotopic (exact) mass is 485 g/mol. The van der Waals surface area contributed by atoms with Gasteiger partial charge in [0.25, 0.3) is 5.91 Å². The summed E-state index contributed by atoms with van der Waals surface area (Å²) in [5.74, 6) is 1.14. The maximum Gasteiger partial charge on any atom is 0.270 e. The lowest BCUT2D eigenvalue weighted by atomic mass is 10.0. The molecule has 1 aromatic heterocycles. The number of likely N-dealkylation sites (tertiary alicyclic amines) is 1. The number of nitrogens with zero attached hydrogens (tertiary/aromatic N) is 2. The predicted octanol–water partition coefficient (Wildman–Crippen LogP) is 5.21. The summed E-state index contributed by atoms with van der Waals surface area (Å²) in [6.07, 6.45) is 7.92. The van der Waals surface area contributed by atoms with Crippen LogP contribution in [0.1, 0.15) is 76.2 Å². The van der Waals surface area contributed by atoms with Crippen molar-refractivity contribution in [1.29, 1.82) is 0 Å². The van der Waals surface area contributed by atoms with Crippen molar-refractivity contribution in [2.45, 2.75) is 77.8 Å². The standard InChI is InChI=1S/C28H43N3O4/c1-5-6-7-8-9-16-34-25-14-10-13-23-26(35-18-17-33-4)19-24(30-27(23)25)28(32)29-22-12-11-15-31(20-22)21(2)3/h10,13-14,19,21-22H,5-9,11-12,15-18,20H2,1-4H3,(H,29,32)/t22-/m1/s1. The topological polar surface area (TPSA) is 72.9 Å². The zero-order valence-electron chi connectivity index (χ0n) is 22.0. The number of piperidine rings is 1. The van der Waals surface area contributed by atoms with Gasteiger partial charge in [-0.15, -0.1) is 0 Å². The fourth-order valence-corrected chi connectivity index (χ4v) is 4.52. The molecular formula is C28H43N3O4. The number of ether oxygens (including phenoxy) is 3. The van der Waals surface area contributed by atoms with Crippen LogP contribution in [0.5, 0.6) is 11.5 Å². The number of carbonyl (C=O) groups excluding carboxylic acids is 1. The van der Waals surface area contributed by atoms with E-state index >= 15 is 0 Å². The predicted molar refractivity (Wildman–Crippen MR) is 141 cm³/mol. The molecule has 2 heterocycles. The van der Waals surface area contributed by atoms with Crippen molar-refractivity contribution >= 4 is 16.8 Å². The first-order valence-electron chi connectivity index (χ1n) is 13.3. The van der Waals surface area contributed by atoms with Gasteiger partial charge in [-0.1, -0.05) is 38.7 Å². The Kier molecular flexibility index (Phi) is 11.1. The van der Waals surface area contributed by atoms with E-state index in [-0.39, 0.29) is 11.9 Å². The second-order valence-corrected chi connectivity index (χ2v) is 9.66. The van der Waals surface area contributed by atoms with Gasteiger partial charge in [0.15, 0.2) is 0 Å². The van der Waals surface area contributed by atoms with Crippen molar-refractivity contribution in [3.63, 3.8) is 0 Å². The molecule has 0 saturated carbocycles. The summed E-state index contributed by atoms with van der Waals surface area (Å²) >= 11 is 0. The molecule has 0 spiro atoms. The van der Waals surface area contributed by atoms with E-state index in [4.69, 9.17) is 19.2 Å². The van der Waals surface area contributed by atoms with Gasteiger partial charge in [-0.05, 0) is 51.8 Å². The molecule has 1 saturated heterocycles. The molecule has 1 aromatic carbocycles. The van der Waals surface area contributed by atoms with E-state index in [1.54, 1.807) is 13.2 Å². The number of pyridine rings is 1. The number of aromatic nitrogens is 1. The number of amides is 1. The summed E-state index contributed by atoms with van der Waals surface area (Å²) in [4.78, 5) is 20.4. The lowest BCUT2D eigenvalue weighted by Gasteiger charge is -2.35. The highest BCUT2D eigenvalue weighted by Gasteiger charge is 2.24. The van der Waals surface area contributed by atoms with E-state index in [9.17, 15) is 4.79 Å². The smallest absolute Gasteiger partial charge is 0.270 e. The number of nitrogens with one attached hydrogen (secondary N) is 1. The molecule has 0 aliphatic carbocycles. The van der Waals surface area contributed by atoms with Gasteiger partial charge in [-0.25, -0.2) is 4.98 Å². The summed E-state index contributed by atoms with van der Waals surface area (Å²) in [6, 6.07) is 8.15. The Hall–Kier alpha value is -2.38. The van der Waals surface area contributed by atoms with Crippen LogP contribution in [0.15, 0.2) is 24.3 Å². The van der Waals surface area contributed by atoms with Crippen molar-refractivity contribution in [2.24, 2.45) is 0 Å². The Morgan fingerprint density at radius 1 is 1.11 bits per heavy atom. The lowest BCUT2D eigenvalue weighted by Crippen LogP contribution is -2.49. The average molecular weight is 486 g/mol. The normalized spacial score (nSPS) is 16.5. The maximum atomic E-state index is 13.3. The minimum Gasteiger partial charge on any atom is -0.491 e. The largest absolute Gasteiger partial charge is 0.491 e. The number of hydrogen-bond acceptors (Lipinski definition) is 6. The highest BCUT2D eigenvalue weighted by atomic mass is 16.5. The lowest BCUT2D eigenvalue weighted by molar-refractivity contribution is 0.0881. The minimum atomic E-state index is -0.173. The number of para-hydroxylation sites is 1. The van der Waals surface area contributed by atoms with Crippen LogP contribution in [0.25, 0.3) is 10.9 Å². The van der Waals surface area contributed by atoms with Crippen molar-refractivity contribution in [2.75, 3.05) is 40.0 Å². The van der Waals surface area contributed by atoms with Gasteiger partial charge < -0.3 is 19.5 Å². The molecule has 1 aliphatic heterocycles. The third kappa shape index (κ3) is 8.07. The van der Waals surface area contributed by atoms with E-state index in [2.05, 4.69) is 31.0 Å². The van der Waals surface area contributed by atoms with E-state index in [1.807, 2.05) is 18.2 Å². The molecule has 7 heteroatoms. The van der Waals surface area contributed by atoms with Gasteiger partial charge >= 0.3 is 0 Å². The highest BCUT2D eigenvalue weighted by Crippen LogP contribution is 2.32. The molecule has 1 N–H and O–H groups in total. The summed E-state index contributed by atoms with van der Waals surface area (Å²) in [6.45, 7) is 10.0. The number of methoxy groups -OCH3 is 1. The molecule has 1 fully saturated rings. The molecule has 0 unspecified atom stereocenters. The first kappa shape index (κ1) is 27.2. The van der Waals surface area contributed by atoms with Gasteiger partial charge in [0.1, 0.15) is 29.3 Å². The molecule has 35 heavy (non-hydrogen) atoms. The Balaban J connectivity index is 1.79. The summed E-state index contributed by atoms with van der Waals surface area (Å²) in [7, 11) is 1.64. The second-order valence-electron chi connectivity index (χ2n) is 9.66. The molecular weight excluding hydrogens is 442 g/mol. The quantitative estimate of drug-likeness (QED) is 0.370. The summed E-state index contributed by atoms with van der Waals surface area (Å²) in [5.41, 5.74) is 1.01. The maximum absolute atomic E-state index is 13.3. The van der Waals surface area contributed by atoms with Crippen LogP contribution >= 0.6 is 0 Å². The Labute approximate surface area is 210 Å². The van der Waals surface area contributed by atoms with Crippen LogP contribution in [0.2, 0.25) is 0 Å². The van der Waals surface area contributed by atoms with Gasteiger partial charge in [0.05, 0.1) is 13.2 Å². The van der Waals surface area contributed by atoms with Crippen molar-refractivity contribution in [3.8, 4) is 11.5 Å². The van der Waals surface area contributed by atoms with Crippen molar-refractivity contribution in [1.82, 2.24) is 15.2 Å². The Bertz CT molecular complexity index is 934. The van der Waals surface area contributed by atoms with Gasteiger partial charge in [-0.2, -0.15) is 0 Å². The molecule has 7 nitrogen and oxygen atoms in total. The van der Waals surface area contributed by atoms with E-state index in [1.165, 1.54) is 19.3 Å². The number of rotatable bonds is 14. The second kappa shape index (κ2) is 14.2. The van der Waals surface area contributed by atoms with Crippen molar-refractivity contribution in [3.05, 3.63) is 30.0 Å². The zero-order valence-corrected chi connectivity index (χ0v) is 22.0. The number of carbonyl (C=O) groups is 1. The Morgan fingerprint density at radius 2 is 1.91 bits per heavy atom. The van der Waals surface area contributed by atoms with Crippen LogP contribution in [-0.4, -0.2) is 67.9 Å². The first-order chi connectivity index (χ1) is 17.0. The van der Waals surface area contributed by atoms with Gasteiger partial charge in [0, 0.05) is 37.2 Å². The van der Waals surface area contributed by atoms with Crippen LogP contribution < -0.4 is 14.8 Å². The van der Waals surface area contributed by atoms with Crippen LogP contribution in [0, 0.1) is 0 Å².